The number of piperidine rings is 1. The van der Waals surface area contributed by atoms with Crippen molar-refractivity contribution in [3.8, 4) is 0 Å². The largest absolute Gasteiger partial charge is 0.480 e. The van der Waals surface area contributed by atoms with Gasteiger partial charge < -0.3 is 15.3 Å². The summed E-state index contributed by atoms with van der Waals surface area (Å²) in [6.45, 7) is 2.77. The van der Waals surface area contributed by atoms with E-state index in [4.69, 9.17) is 0 Å². The van der Waals surface area contributed by atoms with Crippen molar-refractivity contribution in [3.05, 3.63) is 0 Å². The van der Waals surface area contributed by atoms with Crippen molar-refractivity contribution in [1.82, 2.24) is 10.2 Å². The Balaban J connectivity index is 1.57. The smallest absolute Gasteiger partial charge is 0.326 e. The van der Waals surface area contributed by atoms with Crippen LogP contribution in [0.5, 0.6) is 0 Å². The number of carboxylic acid groups (broad SMARTS) is 1. The molecule has 21 heavy (non-hydrogen) atoms. The van der Waals surface area contributed by atoms with Gasteiger partial charge in [-0.25, -0.2) is 4.79 Å². The quantitative estimate of drug-likeness (QED) is 0.824. The minimum Gasteiger partial charge on any atom is -0.480 e. The fraction of sp³-hybridized carbons (Fsp3) is 0.875. The molecule has 1 saturated carbocycles. The van der Waals surface area contributed by atoms with E-state index in [0.29, 0.717) is 24.8 Å². The molecule has 0 aromatic rings. The molecule has 3 aliphatic rings. The van der Waals surface area contributed by atoms with Crippen LogP contribution in [0.15, 0.2) is 0 Å². The molecule has 0 aromatic carbocycles. The number of nitrogens with zero attached hydrogens (tertiary/aromatic N) is 1. The van der Waals surface area contributed by atoms with E-state index in [1.54, 1.807) is 4.90 Å². The molecule has 1 aliphatic carbocycles. The lowest BCUT2D eigenvalue weighted by Crippen LogP contribution is -2.43. The summed E-state index contributed by atoms with van der Waals surface area (Å²) in [7, 11) is 0. The third kappa shape index (κ3) is 3.07. The molecular formula is C16H26N2O3. The molecule has 3 unspecified atom stereocenters. The van der Waals surface area contributed by atoms with Gasteiger partial charge in [-0.1, -0.05) is 6.42 Å². The van der Waals surface area contributed by atoms with E-state index >= 15 is 0 Å². The summed E-state index contributed by atoms with van der Waals surface area (Å²) in [4.78, 5) is 25.7. The number of carboxylic acids is 1. The molecular weight excluding hydrogens is 268 g/mol. The van der Waals surface area contributed by atoms with Crippen LogP contribution in [0.2, 0.25) is 0 Å². The molecule has 1 amide bonds. The zero-order valence-electron chi connectivity index (χ0n) is 12.6. The summed E-state index contributed by atoms with van der Waals surface area (Å²) in [6, 6.07) is -0.557. The van der Waals surface area contributed by atoms with E-state index in [1.807, 2.05) is 0 Å². The Morgan fingerprint density at radius 1 is 1.14 bits per heavy atom. The van der Waals surface area contributed by atoms with Crippen molar-refractivity contribution < 1.29 is 14.7 Å². The van der Waals surface area contributed by atoms with E-state index in [1.165, 1.54) is 0 Å². The van der Waals surface area contributed by atoms with Crippen LogP contribution in [0.3, 0.4) is 0 Å². The lowest BCUT2D eigenvalue weighted by atomic mass is 9.92. The van der Waals surface area contributed by atoms with Crippen molar-refractivity contribution in [2.75, 3.05) is 19.6 Å². The highest BCUT2D eigenvalue weighted by atomic mass is 16.4. The minimum absolute atomic E-state index is 0.0651. The fourth-order valence-corrected chi connectivity index (χ4v) is 4.52. The Kier molecular flexibility index (Phi) is 4.48. The van der Waals surface area contributed by atoms with E-state index < -0.39 is 12.0 Å². The Labute approximate surface area is 126 Å². The maximum Gasteiger partial charge on any atom is 0.326 e. The molecule has 0 aromatic heterocycles. The molecule has 3 atom stereocenters. The van der Waals surface area contributed by atoms with Gasteiger partial charge in [-0.2, -0.15) is 0 Å². The van der Waals surface area contributed by atoms with Crippen molar-refractivity contribution in [2.24, 2.45) is 17.8 Å². The molecule has 2 saturated heterocycles. The Morgan fingerprint density at radius 3 is 2.62 bits per heavy atom. The first-order valence-electron chi connectivity index (χ1n) is 8.40. The number of aliphatic carboxylic acids is 1. The van der Waals surface area contributed by atoms with Gasteiger partial charge in [0.05, 0.1) is 0 Å². The van der Waals surface area contributed by atoms with Gasteiger partial charge in [0.1, 0.15) is 6.04 Å². The highest BCUT2D eigenvalue weighted by Crippen LogP contribution is 2.42. The monoisotopic (exact) mass is 294 g/mol. The highest BCUT2D eigenvalue weighted by Gasteiger charge is 2.49. The van der Waals surface area contributed by atoms with E-state index in [0.717, 1.165) is 51.6 Å². The van der Waals surface area contributed by atoms with Gasteiger partial charge in [0.15, 0.2) is 0 Å². The van der Waals surface area contributed by atoms with Gasteiger partial charge in [0, 0.05) is 13.0 Å². The zero-order chi connectivity index (χ0) is 14.8. The molecule has 118 valence electrons. The van der Waals surface area contributed by atoms with Gasteiger partial charge in [0.2, 0.25) is 5.91 Å². The number of fused-ring (bicyclic) bond motifs is 1. The second-order valence-corrected chi connectivity index (χ2v) is 6.92. The number of nitrogens with one attached hydrogen (secondary N) is 1. The number of amides is 1. The van der Waals surface area contributed by atoms with Crippen LogP contribution in [0, 0.1) is 17.8 Å². The second-order valence-electron chi connectivity index (χ2n) is 6.92. The SMILES string of the molecule is O=C(O)C1C2CCCC2CN1C(=O)CCC1CCNCC1. The molecule has 5 heteroatoms. The highest BCUT2D eigenvalue weighted by molar-refractivity contribution is 5.84. The van der Waals surface area contributed by atoms with Crippen LogP contribution < -0.4 is 5.32 Å². The number of hydrogen-bond acceptors (Lipinski definition) is 3. The first kappa shape index (κ1) is 14.8. The summed E-state index contributed by atoms with van der Waals surface area (Å²) < 4.78 is 0. The van der Waals surface area contributed by atoms with Gasteiger partial charge in [-0.3, -0.25) is 4.79 Å². The molecule has 0 radical (unpaired) electrons. The maximum atomic E-state index is 12.5. The molecule has 2 N–H and O–H groups in total. The molecule has 3 rings (SSSR count). The van der Waals surface area contributed by atoms with Gasteiger partial charge >= 0.3 is 5.97 Å². The lowest BCUT2D eigenvalue weighted by molar-refractivity contribution is -0.149. The van der Waals surface area contributed by atoms with Gasteiger partial charge in [0.25, 0.3) is 0 Å². The average molecular weight is 294 g/mol. The predicted octanol–water partition coefficient (Wildman–Crippen LogP) is 1.48. The lowest BCUT2D eigenvalue weighted by Gasteiger charge is -2.26. The number of carbonyl (C=O) groups is 2. The standard InChI is InChI=1S/C16H26N2O3/c19-14(5-4-11-6-8-17-9-7-11)18-10-12-2-1-3-13(12)15(18)16(20)21/h11-13,15,17H,1-10H2,(H,20,21). The summed E-state index contributed by atoms with van der Waals surface area (Å²) in [5.74, 6) is 0.509. The van der Waals surface area contributed by atoms with Crippen molar-refractivity contribution in [3.63, 3.8) is 0 Å². The van der Waals surface area contributed by atoms with E-state index in [-0.39, 0.29) is 11.8 Å². The fourth-order valence-electron chi connectivity index (χ4n) is 4.52. The third-order valence-corrected chi connectivity index (χ3v) is 5.69. The predicted molar refractivity (Wildman–Crippen MR) is 78.8 cm³/mol. The minimum atomic E-state index is -0.806. The summed E-state index contributed by atoms with van der Waals surface area (Å²) >= 11 is 0. The first-order chi connectivity index (χ1) is 10.2. The molecule has 0 bridgehead atoms. The van der Waals surface area contributed by atoms with Crippen LogP contribution in [0.25, 0.3) is 0 Å². The zero-order valence-corrected chi connectivity index (χ0v) is 12.6. The number of likely N-dealkylation sites (tertiary alicyclic amines) is 1. The van der Waals surface area contributed by atoms with Gasteiger partial charge in [-0.15, -0.1) is 0 Å². The van der Waals surface area contributed by atoms with Gasteiger partial charge in [-0.05, 0) is 62.9 Å². The number of rotatable bonds is 4. The molecule has 2 heterocycles. The average Bonchev–Trinajstić information content (AvgIpc) is 3.05. The van der Waals surface area contributed by atoms with Crippen LogP contribution in [-0.2, 0) is 9.59 Å². The Hall–Kier alpha value is -1.10. The summed E-state index contributed by atoms with van der Waals surface area (Å²) in [6.07, 6.45) is 6.90. The summed E-state index contributed by atoms with van der Waals surface area (Å²) in [5, 5.41) is 12.8. The maximum absolute atomic E-state index is 12.5. The molecule has 5 nitrogen and oxygen atoms in total. The normalized spacial score (nSPS) is 33.1. The second kappa shape index (κ2) is 6.34. The van der Waals surface area contributed by atoms with Crippen LogP contribution in [0.1, 0.15) is 44.9 Å². The first-order valence-corrected chi connectivity index (χ1v) is 8.40. The van der Waals surface area contributed by atoms with Crippen LogP contribution in [-0.4, -0.2) is 47.6 Å². The van der Waals surface area contributed by atoms with Crippen molar-refractivity contribution >= 4 is 11.9 Å². The third-order valence-electron chi connectivity index (χ3n) is 5.69. The van der Waals surface area contributed by atoms with Crippen LogP contribution in [0.4, 0.5) is 0 Å². The number of hydrogen-bond donors (Lipinski definition) is 2. The number of carbonyl (C=O) groups excluding carboxylic acids is 1. The van der Waals surface area contributed by atoms with E-state index in [2.05, 4.69) is 5.32 Å². The van der Waals surface area contributed by atoms with Crippen molar-refractivity contribution in [2.45, 2.75) is 51.0 Å². The Bertz CT molecular complexity index is 406. The van der Waals surface area contributed by atoms with Crippen LogP contribution >= 0.6 is 0 Å². The summed E-state index contributed by atoms with van der Waals surface area (Å²) in [5.41, 5.74) is 0. The molecule has 2 aliphatic heterocycles. The van der Waals surface area contributed by atoms with Crippen molar-refractivity contribution in [1.29, 1.82) is 0 Å². The molecule has 0 spiro atoms. The topological polar surface area (TPSA) is 69.6 Å². The Morgan fingerprint density at radius 2 is 1.90 bits per heavy atom. The molecule has 3 fully saturated rings. The van der Waals surface area contributed by atoms with E-state index in [9.17, 15) is 14.7 Å².